The minimum absolute atomic E-state index is 0.111. The second kappa shape index (κ2) is 4.14. The Labute approximate surface area is 81.7 Å². The van der Waals surface area contributed by atoms with E-state index in [2.05, 4.69) is 11.7 Å². The number of nitrogens with zero attached hydrogens (tertiary/aromatic N) is 2. The van der Waals surface area contributed by atoms with Crippen LogP contribution in [0.4, 0.5) is 8.78 Å². The maximum absolute atomic E-state index is 13.4. The molecule has 0 unspecified atom stereocenters. The molecule has 3 nitrogen and oxygen atoms in total. The summed E-state index contributed by atoms with van der Waals surface area (Å²) >= 11 is 0. The topological polar surface area (TPSA) is 35.8 Å². The van der Waals surface area contributed by atoms with E-state index in [1.165, 1.54) is 4.90 Å². The first-order valence-electron chi connectivity index (χ1n) is 4.39. The van der Waals surface area contributed by atoms with E-state index in [9.17, 15) is 8.78 Å². The van der Waals surface area contributed by atoms with E-state index in [1.54, 1.807) is 6.92 Å². The van der Waals surface area contributed by atoms with Crippen LogP contribution < -0.4 is 0 Å². The predicted molar refractivity (Wildman–Crippen MR) is 50.7 cm³/mol. The number of hydrogen-bond acceptors (Lipinski definition) is 3. The minimum atomic E-state index is -2.95. The number of aliphatic hydroxyl groups is 1. The number of halogens is 2. The van der Waals surface area contributed by atoms with Gasteiger partial charge in [-0.1, -0.05) is 0 Å². The number of aliphatic imine (C=N–C) groups is 1. The first-order valence-corrected chi connectivity index (χ1v) is 4.39. The molecule has 0 aromatic rings. The van der Waals surface area contributed by atoms with E-state index >= 15 is 0 Å². The molecule has 80 valence electrons. The van der Waals surface area contributed by atoms with Crippen LogP contribution in [0.5, 0.6) is 0 Å². The molecule has 0 fully saturated rings. The molecular formula is C9H14F2N2O. The lowest BCUT2D eigenvalue weighted by Gasteiger charge is -2.33. The highest BCUT2D eigenvalue weighted by molar-refractivity contribution is 5.35. The largest absolute Gasteiger partial charge is 0.395 e. The zero-order valence-electron chi connectivity index (χ0n) is 8.13. The Morgan fingerprint density at radius 3 is 2.71 bits per heavy atom. The van der Waals surface area contributed by atoms with Crippen molar-refractivity contribution in [3.63, 3.8) is 0 Å². The molecule has 0 saturated carbocycles. The molecule has 0 aliphatic carbocycles. The summed E-state index contributed by atoms with van der Waals surface area (Å²) in [5.41, 5.74) is 0.302. The zero-order chi connectivity index (χ0) is 10.8. The average molecular weight is 204 g/mol. The Morgan fingerprint density at radius 2 is 2.29 bits per heavy atom. The minimum Gasteiger partial charge on any atom is -0.395 e. The standard InChI is InChI=1S/C9H14F2N2O/c1-7-5-13(3-4-14)6-9(10,11)8(7)12-2/h14H,2-6H2,1H3. The lowest BCUT2D eigenvalue weighted by atomic mass is 10.0. The van der Waals surface area contributed by atoms with Gasteiger partial charge in [0.05, 0.1) is 13.2 Å². The molecule has 0 amide bonds. The van der Waals surface area contributed by atoms with Gasteiger partial charge in [0.25, 0.3) is 0 Å². The van der Waals surface area contributed by atoms with Gasteiger partial charge in [-0.15, -0.1) is 0 Å². The summed E-state index contributed by atoms with van der Waals surface area (Å²) in [4.78, 5) is 4.87. The molecule has 0 atom stereocenters. The molecule has 1 aliphatic rings. The third-order valence-corrected chi connectivity index (χ3v) is 2.21. The lowest BCUT2D eigenvalue weighted by Crippen LogP contribution is -2.44. The van der Waals surface area contributed by atoms with Crippen molar-refractivity contribution >= 4 is 6.72 Å². The van der Waals surface area contributed by atoms with E-state index in [0.717, 1.165) is 0 Å². The molecule has 1 aliphatic heterocycles. The van der Waals surface area contributed by atoms with Crippen LogP contribution in [0.15, 0.2) is 16.3 Å². The maximum Gasteiger partial charge on any atom is 0.302 e. The van der Waals surface area contributed by atoms with Crippen LogP contribution in [0.1, 0.15) is 6.92 Å². The van der Waals surface area contributed by atoms with Crippen molar-refractivity contribution in [1.29, 1.82) is 0 Å². The lowest BCUT2D eigenvalue weighted by molar-refractivity contribution is -0.0109. The van der Waals surface area contributed by atoms with Crippen molar-refractivity contribution in [2.24, 2.45) is 4.99 Å². The molecule has 1 N–H and O–H groups in total. The highest BCUT2D eigenvalue weighted by Crippen LogP contribution is 2.32. The summed E-state index contributed by atoms with van der Waals surface area (Å²) in [6, 6.07) is 0. The quantitative estimate of drug-likeness (QED) is 0.693. The number of rotatable bonds is 3. The molecule has 0 saturated heterocycles. The van der Waals surface area contributed by atoms with Gasteiger partial charge < -0.3 is 5.11 Å². The van der Waals surface area contributed by atoms with Gasteiger partial charge in [-0.3, -0.25) is 9.89 Å². The van der Waals surface area contributed by atoms with Crippen LogP contribution in [0, 0.1) is 0 Å². The van der Waals surface area contributed by atoms with Gasteiger partial charge in [0.1, 0.15) is 5.70 Å². The summed E-state index contributed by atoms with van der Waals surface area (Å²) in [7, 11) is 0. The molecule has 0 radical (unpaired) electrons. The second-order valence-corrected chi connectivity index (χ2v) is 3.43. The Morgan fingerprint density at radius 1 is 1.64 bits per heavy atom. The predicted octanol–water partition coefficient (Wildman–Crippen LogP) is 0.904. The number of alkyl halides is 2. The van der Waals surface area contributed by atoms with Gasteiger partial charge in [0.2, 0.25) is 0 Å². The summed E-state index contributed by atoms with van der Waals surface area (Å²) in [6.45, 7) is 4.94. The number of β-amino-alcohol motifs (C(OH)–C–C–N with tert-alkyl or cyclic N) is 1. The maximum atomic E-state index is 13.4. The van der Waals surface area contributed by atoms with Crippen molar-refractivity contribution in [1.82, 2.24) is 4.90 Å². The summed E-state index contributed by atoms with van der Waals surface area (Å²) in [5, 5.41) is 8.66. The van der Waals surface area contributed by atoms with Gasteiger partial charge in [-0.25, -0.2) is 0 Å². The fraction of sp³-hybridized carbons (Fsp3) is 0.667. The van der Waals surface area contributed by atoms with E-state index in [-0.39, 0.29) is 25.4 Å². The normalized spacial score (nSPS) is 22.6. The van der Waals surface area contributed by atoms with Crippen molar-refractivity contribution in [3.8, 4) is 0 Å². The zero-order valence-corrected chi connectivity index (χ0v) is 8.13. The molecule has 0 spiro atoms. The second-order valence-electron chi connectivity index (χ2n) is 3.43. The van der Waals surface area contributed by atoms with Crippen LogP contribution in [-0.2, 0) is 0 Å². The molecule has 14 heavy (non-hydrogen) atoms. The highest BCUT2D eigenvalue weighted by Gasteiger charge is 2.40. The van der Waals surface area contributed by atoms with Crippen LogP contribution in [0.3, 0.4) is 0 Å². The third kappa shape index (κ3) is 2.16. The fourth-order valence-electron chi connectivity index (χ4n) is 1.68. The van der Waals surface area contributed by atoms with E-state index < -0.39 is 5.92 Å². The van der Waals surface area contributed by atoms with Gasteiger partial charge in [0.15, 0.2) is 0 Å². The Kier molecular flexibility index (Phi) is 3.34. The van der Waals surface area contributed by atoms with Crippen LogP contribution in [-0.4, -0.2) is 48.9 Å². The van der Waals surface area contributed by atoms with E-state index in [1.807, 2.05) is 0 Å². The van der Waals surface area contributed by atoms with Crippen LogP contribution >= 0.6 is 0 Å². The Bertz CT molecular complexity index is 264. The molecule has 5 heteroatoms. The average Bonchev–Trinajstić information content (AvgIpc) is 2.02. The molecule has 0 aromatic carbocycles. The molecule has 1 rings (SSSR count). The van der Waals surface area contributed by atoms with E-state index in [0.29, 0.717) is 12.1 Å². The Balaban J connectivity index is 2.87. The smallest absolute Gasteiger partial charge is 0.302 e. The van der Waals surface area contributed by atoms with Crippen molar-refractivity contribution in [3.05, 3.63) is 11.3 Å². The van der Waals surface area contributed by atoms with Gasteiger partial charge in [0, 0.05) is 13.1 Å². The van der Waals surface area contributed by atoms with Crippen molar-refractivity contribution < 1.29 is 13.9 Å². The van der Waals surface area contributed by atoms with Crippen LogP contribution in [0.25, 0.3) is 0 Å². The number of aliphatic hydroxyl groups excluding tert-OH is 1. The SMILES string of the molecule is C=NC1=C(C)CN(CCO)CC1(F)F. The van der Waals surface area contributed by atoms with Gasteiger partial charge in [-0.2, -0.15) is 8.78 Å². The van der Waals surface area contributed by atoms with Gasteiger partial charge >= 0.3 is 5.92 Å². The van der Waals surface area contributed by atoms with Gasteiger partial charge in [-0.05, 0) is 19.2 Å². The fourth-order valence-corrected chi connectivity index (χ4v) is 1.68. The summed E-state index contributed by atoms with van der Waals surface area (Å²) in [6.07, 6.45) is 0. The number of hydrogen-bond donors (Lipinski definition) is 1. The summed E-state index contributed by atoms with van der Waals surface area (Å²) < 4.78 is 26.8. The summed E-state index contributed by atoms with van der Waals surface area (Å²) in [5.74, 6) is -2.95. The molecule has 1 heterocycles. The van der Waals surface area contributed by atoms with E-state index in [4.69, 9.17) is 5.11 Å². The van der Waals surface area contributed by atoms with Crippen LogP contribution in [0.2, 0.25) is 0 Å². The third-order valence-electron chi connectivity index (χ3n) is 2.21. The molecular weight excluding hydrogens is 190 g/mol. The molecule has 0 aromatic heterocycles. The monoisotopic (exact) mass is 204 g/mol. The van der Waals surface area contributed by atoms with Crippen molar-refractivity contribution in [2.75, 3.05) is 26.2 Å². The Hall–Kier alpha value is -0.810. The highest BCUT2D eigenvalue weighted by atomic mass is 19.3. The molecule has 0 bridgehead atoms. The first-order chi connectivity index (χ1) is 6.51. The van der Waals surface area contributed by atoms with Crippen molar-refractivity contribution in [2.45, 2.75) is 12.8 Å². The first kappa shape index (κ1) is 11.3.